The molecule has 0 spiro atoms. The van der Waals surface area contributed by atoms with Gasteiger partial charge in [-0.05, 0) is 43.0 Å². The second kappa shape index (κ2) is 7.33. The van der Waals surface area contributed by atoms with Crippen LogP contribution in [0, 0.1) is 5.92 Å². The van der Waals surface area contributed by atoms with Gasteiger partial charge in [0.15, 0.2) is 0 Å². The van der Waals surface area contributed by atoms with Gasteiger partial charge in [0.05, 0.1) is 5.92 Å². The topological polar surface area (TPSA) is 69.7 Å². The van der Waals surface area contributed by atoms with Gasteiger partial charge in [0, 0.05) is 43.9 Å². The zero-order valence-corrected chi connectivity index (χ0v) is 15.9. The van der Waals surface area contributed by atoms with Crippen LogP contribution in [0.1, 0.15) is 51.0 Å². The molecule has 1 saturated heterocycles. The van der Waals surface area contributed by atoms with Crippen LogP contribution in [0.4, 0.5) is 11.4 Å². The molecule has 1 aromatic carbocycles. The minimum absolute atomic E-state index is 0.000153. The Kier molecular flexibility index (Phi) is 4.89. The Labute approximate surface area is 159 Å². The second-order valence-electron chi connectivity index (χ2n) is 7.98. The van der Waals surface area contributed by atoms with Gasteiger partial charge in [-0.25, -0.2) is 0 Å². The lowest BCUT2D eigenvalue weighted by atomic mass is 9.95. The minimum atomic E-state index is -0.276. The number of carbonyl (C=O) groups excluding carboxylic acids is 3. The van der Waals surface area contributed by atoms with Crippen LogP contribution in [0.5, 0.6) is 0 Å². The summed E-state index contributed by atoms with van der Waals surface area (Å²) >= 11 is 0. The maximum atomic E-state index is 12.6. The Morgan fingerprint density at radius 1 is 1.15 bits per heavy atom. The number of amides is 3. The van der Waals surface area contributed by atoms with Gasteiger partial charge in [-0.1, -0.05) is 19.3 Å². The Balaban J connectivity index is 1.43. The highest BCUT2D eigenvalue weighted by Crippen LogP contribution is 2.34. The largest absolute Gasteiger partial charge is 0.353 e. The lowest BCUT2D eigenvalue weighted by Gasteiger charge is -2.24. The van der Waals surface area contributed by atoms with Crippen LogP contribution in [0.25, 0.3) is 0 Å². The number of carbonyl (C=O) groups is 3. The lowest BCUT2D eigenvalue weighted by molar-refractivity contribution is -0.127. The Morgan fingerprint density at radius 3 is 2.67 bits per heavy atom. The minimum Gasteiger partial charge on any atom is -0.353 e. The van der Waals surface area contributed by atoms with Crippen molar-refractivity contribution in [2.75, 3.05) is 22.9 Å². The third kappa shape index (κ3) is 3.57. The van der Waals surface area contributed by atoms with Crippen molar-refractivity contribution in [1.29, 1.82) is 0 Å². The van der Waals surface area contributed by atoms with Crippen LogP contribution in [0.15, 0.2) is 18.2 Å². The average molecular weight is 369 g/mol. The number of benzene rings is 1. The molecule has 2 heterocycles. The first kappa shape index (κ1) is 18.0. The van der Waals surface area contributed by atoms with E-state index in [0.29, 0.717) is 13.1 Å². The van der Waals surface area contributed by atoms with Crippen LogP contribution < -0.4 is 15.1 Å². The van der Waals surface area contributed by atoms with E-state index in [2.05, 4.69) is 5.32 Å². The SMILES string of the molecule is CC(=O)N1CCc2cc(N3CC(C(=O)NC4CCCCC4)CC3=O)ccc21. The summed E-state index contributed by atoms with van der Waals surface area (Å²) in [6, 6.07) is 6.08. The van der Waals surface area contributed by atoms with Crippen molar-refractivity contribution in [3.63, 3.8) is 0 Å². The zero-order chi connectivity index (χ0) is 19.0. The second-order valence-corrected chi connectivity index (χ2v) is 7.98. The summed E-state index contributed by atoms with van der Waals surface area (Å²) in [5.74, 6) is -0.221. The Morgan fingerprint density at radius 2 is 1.93 bits per heavy atom. The van der Waals surface area contributed by atoms with Crippen molar-refractivity contribution < 1.29 is 14.4 Å². The number of hydrogen-bond acceptors (Lipinski definition) is 3. The molecule has 0 bridgehead atoms. The van der Waals surface area contributed by atoms with Crippen LogP contribution in [-0.2, 0) is 20.8 Å². The molecule has 27 heavy (non-hydrogen) atoms. The molecule has 2 fully saturated rings. The first-order valence-electron chi connectivity index (χ1n) is 10.0. The van der Waals surface area contributed by atoms with Gasteiger partial charge >= 0.3 is 0 Å². The van der Waals surface area contributed by atoms with Crippen molar-refractivity contribution in [3.05, 3.63) is 23.8 Å². The molecule has 2 aliphatic heterocycles. The van der Waals surface area contributed by atoms with E-state index in [1.54, 1.807) is 16.7 Å². The zero-order valence-electron chi connectivity index (χ0n) is 15.9. The monoisotopic (exact) mass is 369 g/mol. The molecule has 1 unspecified atom stereocenters. The van der Waals surface area contributed by atoms with Crippen molar-refractivity contribution in [1.82, 2.24) is 5.32 Å². The molecule has 3 aliphatic rings. The van der Waals surface area contributed by atoms with Gasteiger partial charge in [-0.2, -0.15) is 0 Å². The van der Waals surface area contributed by atoms with E-state index in [1.807, 2.05) is 18.2 Å². The molecule has 1 saturated carbocycles. The number of nitrogens with one attached hydrogen (secondary N) is 1. The average Bonchev–Trinajstić information content (AvgIpc) is 3.25. The highest BCUT2D eigenvalue weighted by atomic mass is 16.2. The number of fused-ring (bicyclic) bond motifs is 1. The van der Waals surface area contributed by atoms with E-state index < -0.39 is 0 Å². The molecule has 1 atom stereocenters. The first-order chi connectivity index (χ1) is 13.0. The van der Waals surface area contributed by atoms with Crippen LogP contribution in [-0.4, -0.2) is 36.9 Å². The van der Waals surface area contributed by atoms with E-state index in [0.717, 1.165) is 36.2 Å². The van der Waals surface area contributed by atoms with Gasteiger partial charge in [0.2, 0.25) is 17.7 Å². The number of anilines is 2. The van der Waals surface area contributed by atoms with E-state index in [1.165, 1.54) is 19.3 Å². The van der Waals surface area contributed by atoms with Crippen molar-refractivity contribution in [3.8, 4) is 0 Å². The summed E-state index contributed by atoms with van der Waals surface area (Å²) in [4.78, 5) is 40.3. The third-order valence-corrected chi connectivity index (χ3v) is 6.10. The summed E-state index contributed by atoms with van der Waals surface area (Å²) in [6.07, 6.45) is 6.77. The summed E-state index contributed by atoms with van der Waals surface area (Å²) < 4.78 is 0. The van der Waals surface area contributed by atoms with E-state index in [4.69, 9.17) is 0 Å². The quantitative estimate of drug-likeness (QED) is 0.889. The highest BCUT2D eigenvalue weighted by molar-refractivity contribution is 6.01. The van der Waals surface area contributed by atoms with Gasteiger partial charge in [-0.15, -0.1) is 0 Å². The first-order valence-corrected chi connectivity index (χ1v) is 10.0. The normalized spacial score (nSPS) is 22.9. The van der Waals surface area contributed by atoms with Crippen molar-refractivity contribution in [2.24, 2.45) is 5.92 Å². The number of hydrogen-bond donors (Lipinski definition) is 1. The predicted molar refractivity (Wildman–Crippen MR) is 104 cm³/mol. The predicted octanol–water partition coefficient (Wildman–Crippen LogP) is 2.40. The van der Waals surface area contributed by atoms with Crippen molar-refractivity contribution >= 4 is 29.1 Å². The van der Waals surface area contributed by atoms with Gasteiger partial charge in [0.1, 0.15) is 0 Å². The van der Waals surface area contributed by atoms with Crippen molar-refractivity contribution in [2.45, 2.75) is 57.9 Å². The van der Waals surface area contributed by atoms with Gasteiger partial charge in [-0.3, -0.25) is 14.4 Å². The molecule has 6 nitrogen and oxygen atoms in total. The molecule has 1 N–H and O–H groups in total. The smallest absolute Gasteiger partial charge is 0.227 e. The summed E-state index contributed by atoms with van der Waals surface area (Å²) in [7, 11) is 0. The lowest BCUT2D eigenvalue weighted by Crippen LogP contribution is -2.40. The molecule has 0 radical (unpaired) electrons. The fourth-order valence-electron chi connectivity index (χ4n) is 4.58. The van der Waals surface area contributed by atoms with Crippen LogP contribution in [0.3, 0.4) is 0 Å². The molecular formula is C21H27N3O3. The van der Waals surface area contributed by atoms with Crippen LogP contribution in [0.2, 0.25) is 0 Å². The molecule has 0 aromatic heterocycles. The van der Waals surface area contributed by atoms with Crippen LogP contribution >= 0.6 is 0 Å². The number of rotatable bonds is 3. The maximum absolute atomic E-state index is 12.6. The Hall–Kier alpha value is -2.37. The number of nitrogens with zero attached hydrogens (tertiary/aromatic N) is 2. The molecule has 6 heteroatoms. The standard InChI is InChI=1S/C21H27N3O3/c1-14(25)23-10-9-15-11-18(7-8-19(15)23)24-13-16(12-20(24)26)21(27)22-17-5-3-2-4-6-17/h7-8,11,16-17H,2-6,9-10,12-13H2,1H3,(H,22,27). The summed E-state index contributed by atoms with van der Waals surface area (Å²) in [6.45, 7) is 2.70. The molecule has 144 valence electrons. The molecule has 1 aliphatic carbocycles. The summed E-state index contributed by atoms with van der Waals surface area (Å²) in [5.41, 5.74) is 2.85. The molecule has 4 rings (SSSR count). The van der Waals surface area contributed by atoms with E-state index >= 15 is 0 Å². The maximum Gasteiger partial charge on any atom is 0.227 e. The Bertz CT molecular complexity index is 770. The van der Waals surface area contributed by atoms with E-state index in [-0.39, 0.29) is 36.1 Å². The van der Waals surface area contributed by atoms with E-state index in [9.17, 15) is 14.4 Å². The fraction of sp³-hybridized carbons (Fsp3) is 0.571. The molecule has 1 aromatic rings. The van der Waals surface area contributed by atoms with Gasteiger partial charge < -0.3 is 15.1 Å². The summed E-state index contributed by atoms with van der Waals surface area (Å²) in [5, 5.41) is 3.15. The highest BCUT2D eigenvalue weighted by Gasteiger charge is 2.36. The third-order valence-electron chi connectivity index (χ3n) is 6.10. The van der Waals surface area contributed by atoms with Gasteiger partial charge in [0.25, 0.3) is 0 Å². The molecular weight excluding hydrogens is 342 g/mol. The molecule has 3 amide bonds. The fourth-order valence-corrected chi connectivity index (χ4v) is 4.58.